The smallest absolute Gasteiger partial charge is 0.338 e. The van der Waals surface area contributed by atoms with Crippen LogP contribution in [0, 0.1) is 0 Å². The molecule has 7 heteroatoms. The van der Waals surface area contributed by atoms with E-state index in [9.17, 15) is 14.4 Å². The highest BCUT2D eigenvalue weighted by molar-refractivity contribution is 6.30. The average Bonchev–Trinajstić information content (AvgIpc) is 2.62. The molecule has 0 spiro atoms. The summed E-state index contributed by atoms with van der Waals surface area (Å²) in [6, 6.07) is 13.3. The van der Waals surface area contributed by atoms with Gasteiger partial charge in [0.1, 0.15) is 0 Å². The van der Waals surface area contributed by atoms with Gasteiger partial charge in [-0.2, -0.15) is 0 Å². The summed E-state index contributed by atoms with van der Waals surface area (Å²) < 4.78 is 4.91. The molecule has 0 atom stereocenters. The highest BCUT2D eigenvalue weighted by Gasteiger charge is 2.14. The molecule has 2 amide bonds. The lowest BCUT2D eigenvalue weighted by atomic mass is 10.2. The van der Waals surface area contributed by atoms with Crippen LogP contribution in [0.25, 0.3) is 0 Å². The summed E-state index contributed by atoms with van der Waals surface area (Å²) in [6.07, 6.45) is 0.117. The highest BCUT2D eigenvalue weighted by Crippen LogP contribution is 2.20. The van der Waals surface area contributed by atoms with Gasteiger partial charge in [-0.15, -0.1) is 0 Å². The number of hydrogen-bond acceptors (Lipinski definition) is 4. The molecule has 0 heterocycles. The van der Waals surface area contributed by atoms with Gasteiger partial charge in [0.25, 0.3) is 0 Å². The molecule has 0 unspecified atom stereocenters. The number of carbonyl (C=O) groups is 3. The van der Waals surface area contributed by atoms with Crippen molar-refractivity contribution in [2.75, 3.05) is 23.4 Å². The Labute approximate surface area is 163 Å². The van der Waals surface area contributed by atoms with Crippen molar-refractivity contribution >= 4 is 40.8 Å². The predicted octanol–water partition coefficient (Wildman–Crippen LogP) is 3.90. The highest BCUT2D eigenvalue weighted by atomic mass is 35.5. The Morgan fingerprint density at radius 1 is 1.11 bits per heavy atom. The van der Waals surface area contributed by atoms with Crippen molar-refractivity contribution in [3.63, 3.8) is 0 Å². The van der Waals surface area contributed by atoms with Crippen molar-refractivity contribution in [3.8, 4) is 0 Å². The van der Waals surface area contributed by atoms with Gasteiger partial charge in [-0.05, 0) is 49.4 Å². The number of ether oxygens (including phenoxy) is 1. The van der Waals surface area contributed by atoms with E-state index in [0.29, 0.717) is 28.6 Å². The molecule has 0 bridgehead atoms. The van der Waals surface area contributed by atoms with E-state index in [-0.39, 0.29) is 24.8 Å². The fourth-order valence-electron chi connectivity index (χ4n) is 2.45. The van der Waals surface area contributed by atoms with Crippen molar-refractivity contribution in [2.24, 2.45) is 0 Å². The Balaban J connectivity index is 1.94. The third-order valence-corrected chi connectivity index (χ3v) is 3.98. The van der Waals surface area contributed by atoms with Gasteiger partial charge in [-0.3, -0.25) is 9.59 Å². The quantitative estimate of drug-likeness (QED) is 0.730. The SMILES string of the molecule is CCOC(=O)c1ccc(NC(=O)CCN(C(C)=O)c2cccc(Cl)c2)cc1. The fourth-order valence-corrected chi connectivity index (χ4v) is 2.64. The van der Waals surface area contributed by atoms with Crippen LogP contribution in [0.4, 0.5) is 11.4 Å². The normalized spacial score (nSPS) is 10.2. The number of nitrogens with zero attached hydrogens (tertiary/aromatic N) is 1. The average molecular weight is 389 g/mol. The Hall–Kier alpha value is -2.86. The van der Waals surface area contributed by atoms with Gasteiger partial charge in [0.15, 0.2) is 0 Å². The summed E-state index contributed by atoms with van der Waals surface area (Å²) in [5, 5.41) is 3.26. The largest absolute Gasteiger partial charge is 0.462 e. The summed E-state index contributed by atoms with van der Waals surface area (Å²) in [5.41, 5.74) is 1.62. The van der Waals surface area contributed by atoms with Crippen LogP contribution in [0.15, 0.2) is 48.5 Å². The van der Waals surface area contributed by atoms with Gasteiger partial charge < -0.3 is 15.0 Å². The second-order valence-corrected chi connectivity index (χ2v) is 6.18. The number of benzene rings is 2. The second-order valence-electron chi connectivity index (χ2n) is 5.75. The molecular weight excluding hydrogens is 368 g/mol. The third-order valence-electron chi connectivity index (χ3n) is 3.74. The van der Waals surface area contributed by atoms with Crippen LogP contribution >= 0.6 is 11.6 Å². The minimum atomic E-state index is -0.408. The number of halogens is 1. The van der Waals surface area contributed by atoms with Crippen LogP contribution in [0.3, 0.4) is 0 Å². The first kappa shape index (κ1) is 20.5. The summed E-state index contributed by atoms with van der Waals surface area (Å²) in [5.74, 6) is -0.829. The zero-order chi connectivity index (χ0) is 19.8. The molecule has 0 saturated heterocycles. The summed E-state index contributed by atoms with van der Waals surface area (Å²) in [6.45, 7) is 3.70. The molecule has 2 rings (SSSR count). The summed E-state index contributed by atoms with van der Waals surface area (Å²) >= 11 is 5.97. The second kappa shape index (κ2) is 9.73. The van der Waals surface area contributed by atoms with E-state index in [1.54, 1.807) is 55.5 Å². The van der Waals surface area contributed by atoms with Crippen LogP contribution in [0.5, 0.6) is 0 Å². The topological polar surface area (TPSA) is 75.7 Å². The van der Waals surface area contributed by atoms with Crippen molar-refractivity contribution in [2.45, 2.75) is 20.3 Å². The number of amides is 2. The molecular formula is C20H21ClN2O4. The minimum absolute atomic E-state index is 0.117. The van der Waals surface area contributed by atoms with E-state index in [0.717, 1.165) is 0 Å². The first-order valence-electron chi connectivity index (χ1n) is 8.51. The van der Waals surface area contributed by atoms with E-state index in [2.05, 4.69) is 5.32 Å². The molecule has 2 aromatic rings. The summed E-state index contributed by atoms with van der Waals surface area (Å²) in [4.78, 5) is 37.2. The molecule has 142 valence electrons. The van der Waals surface area contributed by atoms with Crippen LogP contribution in [-0.4, -0.2) is 30.9 Å². The molecule has 0 radical (unpaired) electrons. The van der Waals surface area contributed by atoms with Crippen LogP contribution < -0.4 is 10.2 Å². The number of esters is 1. The maximum absolute atomic E-state index is 12.2. The van der Waals surface area contributed by atoms with Gasteiger partial charge in [0.05, 0.1) is 12.2 Å². The fraction of sp³-hybridized carbons (Fsp3) is 0.250. The van der Waals surface area contributed by atoms with Crippen LogP contribution in [0.1, 0.15) is 30.6 Å². The molecule has 0 aromatic heterocycles. The number of carbonyl (C=O) groups excluding carboxylic acids is 3. The Morgan fingerprint density at radius 2 is 1.81 bits per heavy atom. The zero-order valence-electron chi connectivity index (χ0n) is 15.2. The monoisotopic (exact) mass is 388 g/mol. The van der Waals surface area contributed by atoms with Crippen molar-refractivity contribution in [1.29, 1.82) is 0 Å². The lowest BCUT2D eigenvalue weighted by Gasteiger charge is -2.21. The zero-order valence-corrected chi connectivity index (χ0v) is 16.0. The third kappa shape index (κ3) is 6.11. The first-order chi connectivity index (χ1) is 12.9. The van der Waals surface area contributed by atoms with Gasteiger partial charge in [-0.25, -0.2) is 4.79 Å². The van der Waals surface area contributed by atoms with Gasteiger partial charge >= 0.3 is 5.97 Å². The molecule has 0 aliphatic heterocycles. The number of nitrogens with one attached hydrogen (secondary N) is 1. The molecule has 0 aliphatic carbocycles. The minimum Gasteiger partial charge on any atom is -0.462 e. The number of hydrogen-bond donors (Lipinski definition) is 1. The molecule has 0 fully saturated rings. The lowest BCUT2D eigenvalue weighted by Crippen LogP contribution is -2.31. The van der Waals surface area contributed by atoms with Crippen molar-refractivity contribution in [3.05, 3.63) is 59.1 Å². The van der Waals surface area contributed by atoms with E-state index in [4.69, 9.17) is 16.3 Å². The van der Waals surface area contributed by atoms with E-state index in [1.807, 2.05) is 0 Å². The van der Waals surface area contributed by atoms with Crippen molar-refractivity contribution < 1.29 is 19.1 Å². The standard InChI is InChI=1S/C20H21ClN2O4/c1-3-27-20(26)15-7-9-17(10-8-15)22-19(25)11-12-23(14(2)24)18-6-4-5-16(21)13-18/h4-10,13H,3,11-12H2,1-2H3,(H,22,25). The number of rotatable bonds is 7. The molecule has 0 aliphatic rings. The number of anilines is 2. The van der Waals surface area contributed by atoms with Gasteiger partial charge in [-0.1, -0.05) is 17.7 Å². The molecule has 0 saturated carbocycles. The summed E-state index contributed by atoms with van der Waals surface area (Å²) in [7, 11) is 0. The Bertz CT molecular complexity index is 821. The van der Waals surface area contributed by atoms with E-state index < -0.39 is 5.97 Å². The van der Waals surface area contributed by atoms with E-state index >= 15 is 0 Å². The maximum atomic E-state index is 12.2. The van der Waals surface area contributed by atoms with Crippen LogP contribution in [-0.2, 0) is 14.3 Å². The molecule has 1 N–H and O–H groups in total. The molecule has 6 nitrogen and oxygen atoms in total. The van der Waals surface area contributed by atoms with Crippen molar-refractivity contribution in [1.82, 2.24) is 0 Å². The molecule has 27 heavy (non-hydrogen) atoms. The van der Waals surface area contributed by atoms with Gasteiger partial charge in [0, 0.05) is 36.3 Å². The van der Waals surface area contributed by atoms with E-state index in [1.165, 1.54) is 11.8 Å². The lowest BCUT2D eigenvalue weighted by molar-refractivity contribution is -0.117. The van der Waals surface area contributed by atoms with Gasteiger partial charge in [0.2, 0.25) is 11.8 Å². The molecule has 2 aromatic carbocycles. The Kier molecular flexibility index (Phi) is 7.37. The Morgan fingerprint density at radius 3 is 2.41 bits per heavy atom. The first-order valence-corrected chi connectivity index (χ1v) is 8.89. The van der Waals surface area contributed by atoms with Crippen LogP contribution in [0.2, 0.25) is 5.02 Å². The maximum Gasteiger partial charge on any atom is 0.338 e. The predicted molar refractivity (Wildman–Crippen MR) is 105 cm³/mol.